The number of carbonyl (C=O) groups is 1. The third-order valence-corrected chi connectivity index (χ3v) is 2.42. The van der Waals surface area contributed by atoms with Crippen LogP contribution in [0.4, 0.5) is 10.1 Å². The van der Waals surface area contributed by atoms with Crippen molar-refractivity contribution in [1.82, 2.24) is 0 Å². The largest absolute Gasteiger partial charge is 0.462 e. The number of benzene rings is 1. The van der Waals surface area contributed by atoms with Crippen molar-refractivity contribution >= 4 is 11.7 Å². The lowest BCUT2D eigenvalue weighted by atomic mass is 10.1. The van der Waals surface area contributed by atoms with E-state index in [1.807, 2.05) is 0 Å². The number of hydrogen-bond acceptors (Lipinski definition) is 3. The summed E-state index contributed by atoms with van der Waals surface area (Å²) in [5, 5.41) is 2.92. The molecule has 1 aliphatic heterocycles. The molecule has 15 heavy (non-hydrogen) atoms. The highest BCUT2D eigenvalue weighted by molar-refractivity contribution is 5.91. The van der Waals surface area contributed by atoms with Gasteiger partial charge in [-0.05, 0) is 25.0 Å². The standard InChI is InChI=1S/C11H12FNO2/c1-2-15-11(14)8-4-3-7-5-6-13-10(7)9(8)12/h3-4,13H,2,5-6H2,1H3. The minimum atomic E-state index is -0.605. The SMILES string of the molecule is CCOC(=O)c1ccc2c(c1F)NCC2. The molecule has 0 atom stereocenters. The summed E-state index contributed by atoms with van der Waals surface area (Å²) in [6.07, 6.45) is 0.801. The summed E-state index contributed by atoms with van der Waals surface area (Å²) in [5.41, 5.74) is 1.37. The number of hydrogen-bond donors (Lipinski definition) is 1. The predicted molar refractivity (Wildman–Crippen MR) is 54.6 cm³/mol. The van der Waals surface area contributed by atoms with Gasteiger partial charge < -0.3 is 10.1 Å². The molecule has 0 saturated heterocycles. The number of anilines is 1. The highest BCUT2D eigenvalue weighted by Crippen LogP contribution is 2.28. The van der Waals surface area contributed by atoms with Gasteiger partial charge in [0.2, 0.25) is 0 Å². The number of ether oxygens (including phenoxy) is 1. The fraction of sp³-hybridized carbons (Fsp3) is 0.364. The van der Waals surface area contributed by atoms with Crippen LogP contribution in [-0.4, -0.2) is 19.1 Å². The van der Waals surface area contributed by atoms with Crippen LogP contribution in [0.3, 0.4) is 0 Å². The molecule has 2 rings (SSSR count). The zero-order valence-electron chi connectivity index (χ0n) is 8.47. The van der Waals surface area contributed by atoms with Crippen molar-refractivity contribution in [3.63, 3.8) is 0 Å². The van der Waals surface area contributed by atoms with Crippen LogP contribution in [0.1, 0.15) is 22.8 Å². The average molecular weight is 209 g/mol. The van der Waals surface area contributed by atoms with E-state index < -0.39 is 11.8 Å². The van der Waals surface area contributed by atoms with E-state index in [-0.39, 0.29) is 12.2 Å². The summed E-state index contributed by atoms with van der Waals surface area (Å²) in [6, 6.07) is 3.25. The maximum Gasteiger partial charge on any atom is 0.341 e. The zero-order chi connectivity index (χ0) is 10.8. The molecular weight excluding hydrogens is 197 g/mol. The lowest BCUT2D eigenvalue weighted by molar-refractivity contribution is 0.0521. The maximum atomic E-state index is 13.8. The molecule has 1 heterocycles. The number of nitrogens with one attached hydrogen (secondary N) is 1. The highest BCUT2D eigenvalue weighted by Gasteiger charge is 2.21. The molecule has 1 aromatic carbocycles. The smallest absolute Gasteiger partial charge is 0.341 e. The van der Waals surface area contributed by atoms with Crippen LogP contribution in [0.25, 0.3) is 0 Å². The van der Waals surface area contributed by atoms with Crippen LogP contribution < -0.4 is 5.32 Å². The van der Waals surface area contributed by atoms with Gasteiger partial charge in [0.1, 0.15) is 0 Å². The van der Waals surface area contributed by atoms with Crippen LogP contribution in [0.2, 0.25) is 0 Å². The first-order chi connectivity index (χ1) is 7.24. The number of fused-ring (bicyclic) bond motifs is 1. The molecule has 0 radical (unpaired) electrons. The Kier molecular flexibility index (Phi) is 2.58. The van der Waals surface area contributed by atoms with E-state index in [0.717, 1.165) is 18.5 Å². The Morgan fingerprint density at radius 1 is 1.60 bits per heavy atom. The number of esters is 1. The maximum absolute atomic E-state index is 13.8. The Hall–Kier alpha value is -1.58. The molecule has 0 bridgehead atoms. The second-order valence-electron chi connectivity index (χ2n) is 3.36. The summed E-state index contributed by atoms with van der Waals surface area (Å²) < 4.78 is 18.5. The van der Waals surface area contributed by atoms with Gasteiger partial charge in [0.05, 0.1) is 17.9 Å². The molecule has 0 unspecified atom stereocenters. The summed E-state index contributed by atoms with van der Waals surface area (Å²) in [4.78, 5) is 11.4. The molecular formula is C11H12FNO2. The second-order valence-corrected chi connectivity index (χ2v) is 3.36. The van der Waals surface area contributed by atoms with Crippen molar-refractivity contribution in [2.24, 2.45) is 0 Å². The zero-order valence-corrected chi connectivity index (χ0v) is 8.47. The van der Waals surface area contributed by atoms with Gasteiger partial charge in [0, 0.05) is 6.54 Å². The van der Waals surface area contributed by atoms with Crippen LogP contribution in [-0.2, 0) is 11.2 Å². The fourth-order valence-corrected chi connectivity index (χ4v) is 1.70. The summed E-state index contributed by atoms with van der Waals surface area (Å²) >= 11 is 0. The van der Waals surface area contributed by atoms with E-state index in [1.165, 1.54) is 6.07 Å². The topological polar surface area (TPSA) is 38.3 Å². The Bertz CT molecular complexity index is 404. The van der Waals surface area contributed by atoms with Crippen molar-refractivity contribution < 1.29 is 13.9 Å². The number of carbonyl (C=O) groups excluding carboxylic acids is 1. The minimum Gasteiger partial charge on any atom is -0.462 e. The van der Waals surface area contributed by atoms with Crippen LogP contribution in [0, 0.1) is 5.82 Å². The van der Waals surface area contributed by atoms with Gasteiger partial charge in [-0.2, -0.15) is 0 Å². The van der Waals surface area contributed by atoms with E-state index in [1.54, 1.807) is 13.0 Å². The Balaban J connectivity index is 2.38. The van der Waals surface area contributed by atoms with Gasteiger partial charge in [-0.15, -0.1) is 0 Å². The minimum absolute atomic E-state index is 0.00463. The van der Waals surface area contributed by atoms with Gasteiger partial charge in [-0.1, -0.05) is 6.07 Å². The fourth-order valence-electron chi connectivity index (χ4n) is 1.70. The molecule has 4 heteroatoms. The molecule has 0 fully saturated rings. The molecule has 0 amide bonds. The molecule has 1 aromatic rings. The van der Waals surface area contributed by atoms with Crippen LogP contribution in [0.15, 0.2) is 12.1 Å². The van der Waals surface area contributed by atoms with Gasteiger partial charge in [-0.3, -0.25) is 0 Å². The van der Waals surface area contributed by atoms with E-state index in [4.69, 9.17) is 4.74 Å². The Labute approximate surface area is 87.2 Å². The highest BCUT2D eigenvalue weighted by atomic mass is 19.1. The van der Waals surface area contributed by atoms with Gasteiger partial charge in [-0.25, -0.2) is 9.18 Å². The van der Waals surface area contributed by atoms with E-state index in [2.05, 4.69) is 5.32 Å². The number of halogens is 1. The van der Waals surface area contributed by atoms with Crippen molar-refractivity contribution in [3.8, 4) is 0 Å². The molecule has 0 aliphatic carbocycles. The second kappa shape index (κ2) is 3.88. The molecule has 0 spiro atoms. The van der Waals surface area contributed by atoms with Crippen LogP contribution >= 0.6 is 0 Å². The Morgan fingerprint density at radius 3 is 3.13 bits per heavy atom. The van der Waals surface area contributed by atoms with Crippen LogP contribution in [0.5, 0.6) is 0 Å². The molecule has 1 N–H and O–H groups in total. The quantitative estimate of drug-likeness (QED) is 0.757. The molecule has 0 aromatic heterocycles. The van der Waals surface area contributed by atoms with E-state index in [0.29, 0.717) is 5.69 Å². The first-order valence-corrected chi connectivity index (χ1v) is 4.96. The van der Waals surface area contributed by atoms with E-state index in [9.17, 15) is 9.18 Å². The first-order valence-electron chi connectivity index (χ1n) is 4.96. The monoisotopic (exact) mass is 209 g/mol. The van der Waals surface area contributed by atoms with Gasteiger partial charge in [0.25, 0.3) is 0 Å². The number of rotatable bonds is 2. The third kappa shape index (κ3) is 1.67. The average Bonchev–Trinajstić information content (AvgIpc) is 2.67. The third-order valence-electron chi connectivity index (χ3n) is 2.42. The molecule has 1 aliphatic rings. The first kappa shape index (κ1) is 9.96. The van der Waals surface area contributed by atoms with Gasteiger partial charge in [0.15, 0.2) is 5.82 Å². The summed E-state index contributed by atoms with van der Waals surface area (Å²) in [6.45, 7) is 2.67. The van der Waals surface area contributed by atoms with E-state index >= 15 is 0 Å². The van der Waals surface area contributed by atoms with Crippen molar-refractivity contribution in [2.75, 3.05) is 18.5 Å². The van der Waals surface area contributed by atoms with Crippen molar-refractivity contribution in [1.29, 1.82) is 0 Å². The lowest BCUT2D eigenvalue weighted by Gasteiger charge is -2.07. The normalized spacial score (nSPS) is 13.2. The molecule has 3 nitrogen and oxygen atoms in total. The van der Waals surface area contributed by atoms with Crippen molar-refractivity contribution in [2.45, 2.75) is 13.3 Å². The summed E-state index contributed by atoms with van der Waals surface area (Å²) in [5.74, 6) is -1.10. The predicted octanol–water partition coefficient (Wildman–Crippen LogP) is 1.97. The summed E-state index contributed by atoms with van der Waals surface area (Å²) in [7, 11) is 0. The molecule has 80 valence electrons. The van der Waals surface area contributed by atoms with Crippen molar-refractivity contribution in [3.05, 3.63) is 29.1 Å². The Morgan fingerprint density at radius 2 is 2.40 bits per heavy atom. The van der Waals surface area contributed by atoms with Gasteiger partial charge >= 0.3 is 5.97 Å². The lowest BCUT2D eigenvalue weighted by Crippen LogP contribution is -2.08. The molecule has 0 saturated carbocycles.